The summed E-state index contributed by atoms with van der Waals surface area (Å²) in [5.74, 6) is 0.0632. The van der Waals surface area contributed by atoms with Crippen molar-refractivity contribution in [3.05, 3.63) is 42.5 Å². The van der Waals surface area contributed by atoms with Crippen molar-refractivity contribution in [3.63, 3.8) is 0 Å². The number of hydrogen-bond acceptors (Lipinski definition) is 2. The predicted molar refractivity (Wildman–Crippen MR) is 77.0 cm³/mol. The average Bonchev–Trinajstić information content (AvgIpc) is 2.39. The van der Waals surface area contributed by atoms with E-state index in [4.69, 9.17) is 0 Å². The smallest absolute Gasteiger partial charge is 0.256 e. The van der Waals surface area contributed by atoms with Crippen LogP contribution in [0.25, 0.3) is 0 Å². The maximum Gasteiger partial charge on any atom is 0.256 e. The first-order chi connectivity index (χ1) is 8.74. The topological polar surface area (TPSA) is 32.3 Å². The maximum atomic E-state index is 12.5. The van der Waals surface area contributed by atoms with Crippen LogP contribution in [0.15, 0.2) is 36.9 Å². The van der Waals surface area contributed by atoms with Gasteiger partial charge in [-0.25, -0.2) is 0 Å². The molecule has 0 heterocycles. The molecule has 98 valence electrons. The van der Waals surface area contributed by atoms with Crippen LogP contribution in [0.4, 0.5) is 5.69 Å². The number of rotatable bonds is 7. The minimum absolute atomic E-state index is 0.0632. The fourth-order valence-electron chi connectivity index (χ4n) is 1.89. The van der Waals surface area contributed by atoms with E-state index in [9.17, 15) is 4.79 Å². The van der Waals surface area contributed by atoms with Crippen LogP contribution < -0.4 is 5.32 Å². The van der Waals surface area contributed by atoms with Gasteiger partial charge in [-0.2, -0.15) is 0 Å². The third-order valence-electron chi connectivity index (χ3n) is 2.65. The monoisotopic (exact) mass is 246 g/mol. The van der Waals surface area contributed by atoms with Crippen molar-refractivity contribution >= 4 is 11.6 Å². The number of carbonyl (C=O) groups excluding carboxylic acids is 1. The molecule has 3 heteroatoms. The Kier molecular flexibility index (Phi) is 5.98. The fourth-order valence-corrected chi connectivity index (χ4v) is 1.89. The van der Waals surface area contributed by atoms with Gasteiger partial charge in [-0.15, -0.1) is 6.58 Å². The van der Waals surface area contributed by atoms with Crippen LogP contribution in [0.5, 0.6) is 0 Å². The molecule has 18 heavy (non-hydrogen) atoms. The lowest BCUT2D eigenvalue weighted by Crippen LogP contribution is -2.32. The number of hydrogen-bond donors (Lipinski definition) is 1. The van der Waals surface area contributed by atoms with Crippen LogP contribution in [0.1, 0.15) is 30.6 Å². The van der Waals surface area contributed by atoms with E-state index in [1.165, 1.54) is 0 Å². The van der Waals surface area contributed by atoms with Gasteiger partial charge < -0.3 is 10.2 Å². The van der Waals surface area contributed by atoms with E-state index in [1.54, 1.807) is 6.08 Å². The van der Waals surface area contributed by atoms with Gasteiger partial charge in [0.05, 0.1) is 5.56 Å². The predicted octanol–water partition coefficient (Wildman–Crippen LogP) is 3.16. The molecule has 0 saturated carbocycles. The molecule has 0 aliphatic heterocycles. The van der Waals surface area contributed by atoms with Crippen LogP contribution in [-0.4, -0.2) is 30.4 Å². The van der Waals surface area contributed by atoms with Crippen LogP contribution in [0.2, 0.25) is 0 Å². The van der Waals surface area contributed by atoms with Crippen molar-refractivity contribution in [1.82, 2.24) is 4.90 Å². The van der Waals surface area contributed by atoms with E-state index in [-0.39, 0.29) is 5.91 Å². The molecule has 0 atom stereocenters. The summed E-state index contributed by atoms with van der Waals surface area (Å²) in [5.41, 5.74) is 1.63. The highest BCUT2D eigenvalue weighted by molar-refractivity contribution is 5.99. The Morgan fingerprint density at radius 1 is 1.39 bits per heavy atom. The molecule has 0 fully saturated rings. The Hall–Kier alpha value is -1.77. The Morgan fingerprint density at radius 2 is 2.11 bits per heavy atom. The highest BCUT2D eigenvalue weighted by Gasteiger charge is 2.16. The van der Waals surface area contributed by atoms with E-state index in [0.29, 0.717) is 6.54 Å². The maximum absolute atomic E-state index is 12.5. The van der Waals surface area contributed by atoms with Gasteiger partial charge in [0, 0.05) is 25.3 Å². The van der Waals surface area contributed by atoms with Crippen molar-refractivity contribution < 1.29 is 4.79 Å². The van der Waals surface area contributed by atoms with Gasteiger partial charge in [-0.1, -0.05) is 25.1 Å². The van der Waals surface area contributed by atoms with Crippen LogP contribution >= 0.6 is 0 Å². The Labute approximate surface area is 109 Å². The van der Waals surface area contributed by atoms with Crippen LogP contribution in [-0.2, 0) is 0 Å². The first kappa shape index (κ1) is 14.3. The Bertz CT molecular complexity index is 401. The molecule has 3 nitrogen and oxygen atoms in total. The summed E-state index contributed by atoms with van der Waals surface area (Å²) in [4.78, 5) is 14.3. The largest absolute Gasteiger partial charge is 0.385 e. The van der Waals surface area contributed by atoms with E-state index in [0.717, 1.165) is 30.8 Å². The summed E-state index contributed by atoms with van der Waals surface area (Å²) in [6.45, 7) is 9.95. The fraction of sp³-hybridized carbons (Fsp3) is 0.400. The van der Waals surface area contributed by atoms with Crippen molar-refractivity contribution in [3.8, 4) is 0 Å². The normalized spacial score (nSPS) is 9.89. The number of benzene rings is 1. The van der Waals surface area contributed by atoms with Crippen LogP contribution in [0, 0.1) is 0 Å². The molecule has 0 radical (unpaired) electrons. The van der Waals surface area contributed by atoms with Gasteiger partial charge in [-0.3, -0.25) is 4.79 Å². The van der Waals surface area contributed by atoms with Crippen molar-refractivity contribution in [1.29, 1.82) is 0 Å². The Balaban J connectivity index is 2.96. The standard InChI is InChI=1S/C15H22N2O/c1-4-11-17(12-5-2)15(18)13-9-7-8-10-14(13)16-6-3/h4,7-10,16H,1,5-6,11-12H2,2-3H3. The van der Waals surface area contributed by atoms with Gasteiger partial charge in [-0.05, 0) is 25.5 Å². The number of amides is 1. The summed E-state index contributed by atoms with van der Waals surface area (Å²) in [7, 11) is 0. The zero-order chi connectivity index (χ0) is 13.4. The molecule has 0 spiro atoms. The number of carbonyl (C=O) groups is 1. The van der Waals surface area contributed by atoms with Gasteiger partial charge in [0.25, 0.3) is 5.91 Å². The van der Waals surface area contributed by atoms with E-state index < -0.39 is 0 Å². The zero-order valence-electron chi connectivity index (χ0n) is 11.3. The van der Waals surface area contributed by atoms with Gasteiger partial charge in [0.2, 0.25) is 0 Å². The molecule has 0 unspecified atom stereocenters. The number of anilines is 1. The second kappa shape index (κ2) is 7.54. The molecular weight excluding hydrogens is 224 g/mol. The molecule has 1 amide bonds. The van der Waals surface area contributed by atoms with Gasteiger partial charge in [0.15, 0.2) is 0 Å². The SMILES string of the molecule is C=CCN(CCC)C(=O)c1ccccc1NCC. The average molecular weight is 246 g/mol. The summed E-state index contributed by atoms with van der Waals surface area (Å²) < 4.78 is 0. The molecule has 0 aromatic heterocycles. The first-order valence-electron chi connectivity index (χ1n) is 6.47. The molecule has 1 N–H and O–H groups in total. The summed E-state index contributed by atoms with van der Waals surface area (Å²) in [5, 5.41) is 3.22. The van der Waals surface area contributed by atoms with E-state index in [2.05, 4.69) is 18.8 Å². The molecule has 0 aliphatic carbocycles. The lowest BCUT2D eigenvalue weighted by Gasteiger charge is -2.22. The summed E-state index contributed by atoms with van der Waals surface area (Å²) in [6.07, 6.45) is 2.71. The minimum Gasteiger partial charge on any atom is -0.385 e. The quantitative estimate of drug-likeness (QED) is 0.749. The third kappa shape index (κ3) is 3.62. The van der Waals surface area contributed by atoms with E-state index in [1.807, 2.05) is 36.1 Å². The summed E-state index contributed by atoms with van der Waals surface area (Å²) in [6, 6.07) is 7.64. The molecule has 1 aromatic carbocycles. The molecule has 1 rings (SSSR count). The second-order valence-corrected chi connectivity index (χ2v) is 4.12. The zero-order valence-corrected chi connectivity index (χ0v) is 11.3. The number of para-hydroxylation sites is 1. The first-order valence-corrected chi connectivity index (χ1v) is 6.47. The van der Waals surface area contributed by atoms with Gasteiger partial charge in [0.1, 0.15) is 0 Å². The molecule has 1 aromatic rings. The highest BCUT2D eigenvalue weighted by Crippen LogP contribution is 2.17. The van der Waals surface area contributed by atoms with Gasteiger partial charge >= 0.3 is 0 Å². The molecular formula is C15H22N2O. The number of nitrogens with one attached hydrogen (secondary N) is 1. The lowest BCUT2D eigenvalue weighted by atomic mass is 10.1. The van der Waals surface area contributed by atoms with Crippen molar-refractivity contribution in [2.24, 2.45) is 0 Å². The molecule has 0 saturated heterocycles. The Morgan fingerprint density at radius 3 is 2.72 bits per heavy atom. The molecule has 0 bridgehead atoms. The van der Waals surface area contributed by atoms with Crippen molar-refractivity contribution in [2.75, 3.05) is 25.0 Å². The van der Waals surface area contributed by atoms with Crippen molar-refractivity contribution in [2.45, 2.75) is 20.3 Å². The second-order valence-electron chi connectivity index (χ2n) is 4.12. The van der Waals surface area contributed by atoms with E-state index >= 15 is 0 Å². The highest BCUT2D eigenvalue weighted by atomic mass is 16.2. The van der Waals surface area contributed by atoms with Crippen LogP contribution in [0.3, 0.4) is 0 Å². The lowest BCUT2D eigenvalue weighted by molar-refractivity contribution is 0.0775. The minimum atomic E-state index is 0.0632. The third-order valence-corrected chi connectivity index (χ3v) is 2.65. The number of nitrogens with zero attached hydrogens (tertiary/aromatic N) is 1. The summed E-state index contributed by atoms with van der Waals surface area (Å²) >= 11 is 0. The molecule has 0 aliphatic rings.